The molecule has 0 heterocycles. The summed E-state index contributed by atoms with van der Waals surface area (Å²) < 4.78 is 11.0. The smallest absolute Gasteiger partial charge is 0.311 e. The first kappa shape index (κ1) is 50.0. The van der Waals surface area contributed by atoms with E-state index in [2.05, 4.69) is 111 Å². The van der Waals surface area contributed by atoms with Crippen molar-refractivity contribution in [3.05, 3.63) is 151 Å². The molecular weight excluding hydrogens is 729 g/mol. The van der Waals surface area contributed by atoms with Gasteiger partial charge in [0.1, 0.15) is 17.2 Å². The van der Waals surface area contributed by atoms with Crippen LogP contribution in [0.5, 0.6) is 17.2 Å². The van der Waals surface area contributed by atoms with Gasteiger partial charge in [0, 0.05) is 18.9 Å². The first-order valence-electron chi connectivity index (χ1n) is 22.2. The number of hydrogen-bond acceptors (Lipinski definition) is 5. The SMILES string of the molecule is CCCCCC=CCC=CCC=CCC=CCCCC(=O)Oc1ccc(C=Cc2cc(O)cc(OC(=O)CCCC=CCC=CCC=CCC=CCCCCC)c2)cc1. The highest BCUT2D eigenvalue weighted by Crippen LogP contribution is 2.24. The fourth-order valence-electron chi connectivity index (χ4n) is 5.82. The zero-order valence-corrected chi connectivity index (χ0v) is 36.2. The molecular formula is C54H72O5. The molecule has 59 heavy (non-hydrogen) atoms. The van der Waals surface area contributed by atoms with Crippen LogP contribution < -0.4 is 9.47 Å². The van der Waals surface area contributed by atoms with Gasteiger partial charge in [-0.05, 0) is 125 Å². The predicted molar refractivity (Wildman–Crippen MR) is 252 cm³/mol. The van der Waals surface area contributed by atoms with Gasteiger partial charge in [-0.15, -0.1) is 0 Å². The molecule has 0 saturated carbocycles. The van der Waals surface area contributed by atoms with Crippen molar-refractivity contribution in [1.29, 1.82) is 0 Å². The monoisotopic (exact) mass is 801 g/mol. The van der Waals surface area contributed by atoms with Crippen LogP contribution in [-0.2, 0) is 9.59 Å². The zero-order valence-electron chi connectivity index (χ0n) is 36.2. The lowest BCUT2D eigenvalue weighted by molar-refractivity contribution is -0.135. The molecule has 5 heteroatoms. The molecule has 0 aromatic heterocycles. The highest BCUT2D eigenvalue weighted by Gasteiger charge is 2.07. The van der Waals surface area contributed by atoms with Crippen LogP contribution in [0.3, 0.4) is 0 Å². The number of ether oxygens (including phenoxy) is 2. The Morgan fingerprint density at radius 3 is 1.24 bits per heavy atom. The highest BCUT2D eigenvalue weighted by molar-refractivity contribution is 5.75. The topological polar surface area (TPSA) is 72.8 Å². The first-order chi connectivity index (χ1) is 29.0. The Hall–Kier alpha value is -5.16. The van der Waals surface area contributed by atoms with E-state index in [1.165, 1.54) is 57.4 Å². The van der Waals surface area contributed by atoms with Gasteiger partial charge in [0.15, 0.2) is 0 Å². The standard InChI is InChI=1S/C54H72O5/c1-3-5-7-9-11-13-15-17-19-21-23-25-27-29-31-33-35-37-53(56)58-51-43-41-48(42-44-51)39-40-49-45-50(55)47-52(46-49)59-54(57)38-36-34-32-30-28-26-24-22-20-18-16-14-12-10-8-6-4-2/h11-14,17-20,23-26,29-32,39-47,55H,3-10,15-16,21-22,27-28,33-38H2,1-2H3. The van der Waals surface area contributed by atoms with Crippen molar-refractivity contribution in [1.82, 2.24) is 0 Å². The van der Waals surface area contributed by atoms with Crippen LogP contribution in [-0.4, -0.2) is 17.0 Å². The van der Waals surface area contributed by atoms with Crippen molar-refractivity contribution in [3.63, 3.8) is 0 Å². The molecule has 0 spiro atoms. The molecule has 0 unspecified atom stereocenters. The molecule has 0 aliphatic rings. The molecule has 0 aliphatic heterocycles. The second kappa shape index (κ2) is 36.0. The lowest BCUT2D eigenvalue weighted by atomic mass is 10.1. The molecule has 0 bridgehead atoms. The van der Waals surface area contributed by atoms with Crippen LogP contribution >= 0.6 is 0 Å². The van der Waals surface area contributed by atoms with Gasteiger partial charge in [-0.2, -0.15) is 0 Å². The van der Waals surface area contributed by atoms with E-state index in [1.54, 1.807) is 24.3 Å². The Balaban J connectivity index is 1.60. The van der Waals surface area contributed by atoms with Crippen LogP contribution in [0.2, 0.25) is 0 Å². The molecule has 2 rings (SSSR count). The Bertz CT molecular complexity index is 1680. The van der Waals surface area contributed by atoms with E-state index in [0.717, 1.165) is 63.4 Å². The molecule has 2 aromatic rings. The summed E-state index contributed by atoms with van der Waals surface area (Å²) in [4.78, 5) is 24.8. The summed E-state index contributed by atoms with van der Waals surface area (Å²) in [5.41, 5.74) is 1.59. The number of allylic oxidation sites excluding steroid dienone is 16. The molecule has 0 amide bonds. The van der Waals surface area contributed by atoms with Crippen LogP contribution in [0, 0.1) is 0 Å². The van der Waals surface area contributed by atoms with Crippen molar-refractivity contribution < 1.29 is 24.2 Å². The summed E-state index contributed by atoms with van der Waals surface area (Å²) in [6.07, 6.45) is 58.3. The van der Waals surface area contributed by atoms with Gasteiger partial charge < -0.3 is 14.6 Å². The molecule has 5 nitrogen and oxygen atoms in total. The van der Waals surface area contributed by atoms with Crippen molar-refractivity contribution in [2.75, 3.05) is 0 Å². The van der Waals surface area contributed by atoms with Crippen LogP contribution in [0.25, 0.3) is 12.2 Å². The number of carbonyl (C=O) groups excluding carboxylic acids is 2. The minimum Gasteiger partial charge on any atom is -0.508 e. The van der Waals surface area contributed by atoms with Gasteiger partial charge in [0.2, 0.25) is 0 Å². The van der Waals surface area contributed by atoms with Crippen molar-refractivity contribution in [3.8, 4) is 17.2 Å². The molecule has 0 atom stereocenters. The second-order valence-corrected chi connectivity index (χ2v) is 14.6. The quantitative estimate of drug-likeness (QED) is 0.0262. The fourth-order valence-corrected chi connectivity index (χ4v) is 5.82. The van der Waals surface area contributed by atoms with Crippen LogP contribution in [0.1, 0.15) is 153 Å². The van der Waals surface area contributed by atoms with Gasteiger partial charge in [0.25, 0.3) is 0 Å². The summed E-state index contributed by atoms with van der Waals surface area (Å²) >= 11 is 0. The summed E-state index contributed by atoms with van der Waals surface area (Å²) in [7, 11) is 0. The molecule has 2 aromatic carbocycles. The number of carbonyl (C=O) groups is 2. The molecule has 1 N–H and O–H groups in total. The van der Waals surface area contributed by atoms with E-state index >= 15 is 0 Å². The Morgan fingerprint density at radius 1 is 0.441 bits per heavy atom. The van der Waals surface area contributed by atoms with Crippen molar-refractivity contribution in [2.24, 2.45) is 0 Å². The predicted octanol–water partition coefficient (Wildman–Crippen LogP) is 15.7. The Morgan fingerprint density at radius 2 is 0.814 bits per heavy atom. The average Bonchev–Trinajstić information content (AvgIpc) is 3.22. The van der Waals surface area contributed by atoms with Crippen molar-refractivity contribution in [2.45, 2.75) is 142 Å². The van der Waals surface area contributed by atoms with E-state index in [9.17, 15) is 14.7 Å². The maximum atomic E-state index is 12.5. The molecule has 0 fully saturated rings. The average molecular weight is 801 g/mol. The number of unbranched alkanes of at least 4 members (excludes halogenated alkanes) is 8. The van der Waals surface area contributed by atoms with E-state index in [0.29, 0.717) is 36.3 Å². The van der Waals surface area contributed by atoms with E-state index < -0.39 is 0 Å². The summed E-state index contributed by atoms with van der Waals surface area (Å²) in [5, 5.41) is 10.2. The summed E-state index contributed by atoms with van der Waals surface area (Å²) in [6.45, 7) is 4.46. The van der Waals surface area contributed by atoms with Crippen LogP contribution in [0.15, 0.2) is 140 Å². The second-order valence-electron chi connectivity index (χ2n) is 14.6. The normalized spacial score (nSPS) is 12.5. The van der Waals surface area contributed by atoms with E-state index in [-0.39, 0.29) is 17.7 Å². The number of rotatable bonds is 32. The molecule has 0 saturated heterocycles. The van der Waals surface area contributed by atoms with Crippen molar-refractivity contribution >= 4 is 24.1 Å². The number of esters is 2. The maximum Gasteiger partial charge on any atom is 0.311 e. The number of benzene rings is 2. The first-order valence-corrected chi connectivity index (χ1v) is 22.2. The molecule has 0 radical (unpaired) electrons. The summed E-state index contributed by atoms with van der Waals surface area (Å²) in [5.74, 6) is 0.237. The number of phenolic OH excluding ortho intramolecular Hbond substituents is 1. The summed E-state index contributed by atoms with van der Waals surface area (Å²) in [6, 6.07) is 12.0. The Labute approximate surface area is 357 Å². The molecule has 0 aliphatic carbocycles. The number of hydrogen-bond donors (Lipinski definition) is 1. The lowest BCUT2D eigenvalue weighted by Crippen LogP contribution is -2.07. The number of phenols is 1. The van der Waals surface area contributed by atoms with Gasteiger partial charge >= 0.3 is 11.9 Å². The van der Waals surface area contributed by atoms with Gasteiger partial charge in [-0.25, -0.2) is 0 Å². The van der Waals surface area contributed by atoms with E-state index in [1.807, 2.05) is 24.3 Å². The number of aromatic hydroxyl groups is 1. The maximum absolute atomic E-state index is 12.5. The van der Waals surface area contributed by atoms with Crippen LogP contribution in [0.4, 0.5) is 0 Å². The third-order valence-corrected chi connectivity index (χ3v) is 9.14. The lowest BCUT2D eigenvalue weighted by Gasteiger charge is -2.06. The fraction of sp³-hybridized carbons (Fsp3) is 0.407. The zero-order chi connectivity index (χ0) is 42.3. The minimum absolute atomic E-state index is 0.0149. The van der Waals surface area contributed by atoms with Gasteiger partial charge in [-0.1, -0.05) is 161 Å². The molecule has 318 valence electrons. The van der Waals surface area contributed by atoms with Gasteiger partial charge in [0.05, 0.1) is 0 Å². The van der Waals surface area contributed by atoms with E-state index in [4.69, 9.17) is 9.47 Å². The minimum atomic E-state index is -0.332. The largest absolute Gasteiger partial charge is 0.508 e. The third-order valence-electron chi connectivity index (χ3n) is 9.14. The Kier molecular flexibility index (Phi) is 30.5. The third kappa shape index (κ3) is 29.7. The highest BCUT2D eigenvalue weighted by atomic mass is 16.5. The van der Waals surface area contributed by atoms with Gasteiger partial charge in [-0.3, -0.25) is 9.59 Å².